The number of rotatable bonds is 6. The van der Waals surface area contributed by atoms with Gasteiger partial charge in [-0.15, -0.1) is 11.3 Å². The summed E-state index contributed by atoms with van der Waals surface area (Å²) < 4.78 is 0. The molecular formula is C14H18N2S2. The maximum absolute atomic E-state index is 4.34. The number of anilines is 1. The maximum atomic E-state index is 4.34. The largest absolute Gasteiger partial charge is 0.362 e. The first-order valence-corrected chi connectivity index (χ1v) is 8.07. The number of nitrogens with one attached hydrogen (secondary N) is 1. The third-order valence-electron chi connectivity index (χ3n) is 2.48. The summed E-state index contributed by atoms with van der Waals surface area (Å²) >= 11 is 3.69. The van der Waals surface area contributed by atoms with Gasteiger partial charge in [0.1, 0.15) is 0 Å². The fourth-order valence-electron chi connectivity index (χ4n) is 1.68. The van der Waals surface area contributed by atoms with Gasteiger partial charge in [0.2, 0.25) is 0 Å². The summed E-state index contributed by atoms with van der Waals surface area (Å²) in [6.07, 6.45) is 1.98. The second-order valence-electron chi connectivity index (χ2n) is 4.14. The summed E-state index contributed by atoms with van der Waals surface area (Å²) in [7, 11) is 0. The van der Waals surface area contributed by atoms with Crippen LogP contribution in [0.3, 0.4) is 0 Å². The summed E-state index contributed by atoms with van der Waals surface area (Å²) in [5, 5.41) is 4.27. The topological polar surface area (TPSA) is 24.9 Å². The molecule has 0 aliphatic heterocycles. The van der Waals surface area contributed by atoms with Crippen molar-refractivity contribution in [3.63, 3.8) is 0 Å². The normalized spacial score (nSPS) is 10.6. The van der Waals surface area contributed by atoms with Gasteiger partial charge in [-0.3, -0.25) is 0 Å². The highest BCUT2D eigenvalue weighted by molar-refractivity contribution is 7.97. The average Bonchev–Trinajstić information content (AvgIpc) is 2.78. The quantitative estimate of drug-likeness (QED) is 0.852. The number of aryl methyl sites for hydroxylation is 1. The van der Waals surface area contributed by atoms with Crippen LogP contribution in [0.1, 0.15) is 22.9 Å². The molecule has 2 rings (SSSR count). The van der Waals surface area contributed by atoms with E-state index in [4.69, 9.17) is 0 Å². The minimum Gasteiger partial charge on any atom is -0.362 e. The van der Waals surface area contributed by atoms with E-state index < -0.39 is 0 Å². The first-order chi connectivity index (χ1) is 8.78. The number of nitrogens with zero attached hydrogens (tertiary/aromatic N) is 1. The van der Waals surface area contributed by atoms with Crippen LogP contribution in [-0.2, 0) is 11.5 Å². The van der Waals surface area contributed by atoms with E-state index >= 15 is 0 Å². The van der Waals surface area contributed by atoms with Crippen LogP contribution in [0.5, 0.6) is 0 Å². The molecule has 1 aromatic heterocycles. The van der Waals surface area contributed by atoms with E-state index in [9.17, 15) is 0 Å². The first-order valence-electron chi connectivity index (χ1n) is 6.10. The van der Waals surface area contributed by atoms with Gasteiger partial charge in [-0.2, -0.15) is 11.8 Å². The highest BCUT2D eigenvalue weighted by Gasteiger charge is 2.01. The van der Waals surface area contributed by atoms with E-state index in [0.717, 1.165) is 23.2 Å². The van der Waals surface area contributed by atoms with Crippen LogP contribution in [0.15, 0.2) is 30.5 Å². The molecule has 0 spiro atoms. The molecule has 0 amide bonds. The first kappa shape index (κ1) is 13.4. The number of hydrogen-bond acceptors (Lipinski definition) is 4. The molecule has 4 heteroatoms. The van der Waals surface area contributed by atoms with Crippen molar-refractivity contribution in [1.82, 2.24) is 4.98 Å². The number of thiazole rings is 1. The lowest BCUT2D eigenvalue weighted by atomic mass is 10.2. The number of hydrogen-bond donors (Lipinski definition) is 1. The molecule has 96 valence electrons. The standard InChI is InChI=1S/C14H18N2S2/c1-3-15-14-16-8-13(18-14)10-17-9-12-6-4-5-11(2)7-12/h4-8H,3,9-10H2,1-2H3,(H,15,16). The Bertz CT molecular complexity index is 494. The molecule has 0 atom stereocenters. The highest BCUT2D eigenvalue weighted by atomic mass is 32.2. The lowest BCUT2D eigenvalue weighted by Gasteiger charge is -2.01. The second-order valence-corrected chi connectivity index (χ2v) is 6.24. The van der Waals surface area contributed by atoms with Crippen molar-refractivity contribution in [3.8, 4) is 0 Å². The Kier molecular flexibility index (Phi) is 5.08. The lowest BCUT2D eigenvalue weighted by molar-refractivity contribution is 1.19. The van der Waals surface area contributed by atoms with Crippen LogP contribution in [0.25, 0.3) is 0 Å². The Morgan fingerprint density at radius 2 is 2.22 bits per heavy atom. The summed E-state index contributed by atoms with van der Waals surface area (Å²) in [5.41, 5.74) is 2.73. The Morgan fingerprint density at radius 1 is 1.33 bits per heavy atom. The van der Waals surface area contributed by atoms with Crippen molar-refractivity contribution >= 4 is 28.2 Å². The van der Waals surface area contributed by atoms with Crippen LogP contribution < -0.4 is 5.32 Å². The Hall–Kier alpha value is -1.00. The zero-order valence-electron chi connectivity index (χ0n) is 10.8. The van der Waals surface area contributed by atoms with Crippen LogP contribution in [-0.4, -0.2) is 11.5 Å². The SMILES string of the molecule is CCNc1ncc(CSCc2cccc(C)c2)s1. The molecule has 2 aromatic rings. The van der Waals surface area contributed by atoms with Gasteiger partial charge in [0, 0.05) is 29.1 Å². The van der Waals surface area contributed by atoms with Crippen molar-refractivity contribution in [3.05, 3.63) is 46.5 Å². The third kappa shape index (κ3) is 4.03. The van der Waals surface area contributed by atoms with Crippen molar-refractivity contribution in [1.29, 1.82) is 0 Å². The molecule has 0 unspecified atom stereocenters. The van der Waals surface area contributed by atoms with Gasteiger partial charge in [-0.05, 0) is 19.4 Å². The Labute approximate surface area is 117 Å². The molecule has 18 heavy (non-hydrogen) atoms. The van der Waals surface area contributed by atoms with E-state index in [2.05, 4.69) is 48.4 Å². The van der Waals surface area contributed by atoms with Crippen LogP contribution in [0.2, 0.25) is 0 Å². The summed E-state index contributed by atoms with van der Waals surface area (Å²) in [6.45, 7) is 5.16. The van der Waals surface area contributed by atoms with Crippen LogP contribution in [0.4, 0.5) is 5.13 Å². The van der Waals surface area contributed by atoms with Crippen molar-refractivity contribution in [2.24, 2.45) is 0 Å². The summed E-state index contributed by atoms with van der Waals surface area (Å²) in [4.78, 5) is 5.68. The van der Waals surface area contributed by atoms with Gasteiger partial charge in [-0.25, -0.2) is 4.98 Å². The van der Waals surface area contributed by atoms with Crippen LogP contribution >= 0.6 is 23.1 Å². The van der Waals surface area contributed by atoms with Gasteiger partial charge in [0.25, 0.3) is 0 Å². The molecule has 1 aromatic carbocycles. The van der Waals surface area contributed by atoms with Gasteiger partial charge >= 0.3 is 0 Å². The molecule has 0 bridgehead atoms. The zero-order valence-corrected chi connectivity index (χ0v) is 12.4. The van der Waals surface area contributed by atoms with E-state index in [1.807, 2.05) is 18.0 Å². The maximum Gasteiger partial charge on any atom is 0.182 e. The van der Waals surface area contributed by atoms with Gasteiger partial charge < -0.3 is 5.32 Å². The monoisotopic (exact) mass is 278 g/mol. The second kappa shape index (κ2) is 6.81. The molecule has 0 aliphatic carbocycles. The fourth-order valence-corrected chi connectivity index (χ4v) is 3.63. The number of benzene rings is 1. The Balaban J connectivity index is 1.81. The van der Waals surface area contributed by atoms with E-state index in [1.54, 1.807) is 11.3 Å². The van der Waals surface area contributed by atoms with E-state index in [1.165, 1.54) is 16.0 Å². The van der Waals surface area contributed by atoms with Crippen molar-refractivity contribution in [2.75, 3.05) is 11.9 Å². The van der Waals surface area contributed by atoms with Gasteiger partial charge in [0.05, 0.1) is 0 Å². The molecule has 0 saturated heterocycles. The van der Waals surface area contributed by atoms with E-state index in [-0.39, 0.29) is 0 Å². The number of aromatic nitrogens is 1. The van der Waals surface area contributed by atoms with Crippen LogP contribution in [0, 0.1) is 6.92 Å². The highest BCUT2D eigenvalue weighted by Crippen LogP contribution is 2.24. The third-order valence-corrected chi connectivity index (χ3v) is 4.67. The van der Waals surface area contributed by atoms with Gasteiger partial charge in [0.15, 0.2) is 5.13 Å². The minimum atomic E-state index is 0.934. The molecular weight excluding hydrogens is 260 g/mol. The van der Waals surface area contributed by atoms with E-state index in [0.29, 0.717) is 0 Å². The Morgan fingerprint density at radius 3 is 3.00 bits per heavy atom. The lowest BCUT2D eigenvalue weighted by Crippen LogP contribution is -1.94. The molecule has 0 saturated carbocycles. The fraction of sp³-hybridized carbons (Fsp3) is 0.357. The predicted octanol–water partition coefficient (Wildman–Crippen LogP) is 4.32. The number of thioether (sulfide) groups is 1. The molecule has 1 heterocycles. The molecule has 1 N–H and O–H groups in total. The van der Waals surface area contributed by atoms with Crippen molar-refractivity contribution < 1.29 is 0 Å². The molecule has 0 radical (unpaired) electrons. The predicted molar refractivity (Wildman–Crippen MR) is 82.5 cm³/mol. The minimum absolute atomic E-state index is 0.934. The smallest absolute Gasteiger partial charge is 0.182 e. The zero-order chi connectivity index (χ0) is 12.8. The van der Waals surface area contributed by atoms with Gasteiger partial charge in [-0.1, -0.05) is 29.8 Å². The van der Waals surface area contributed by atoms with Crippen molar-refractivity contribution in [2.45, 2.75) is 25.4 Å². The summed E-state index contributed by atoms with van der Waals surface area (Å²) in [5.74, 6) is 2.10. The summed E-state index contributed by atoms with van der Waals surface area (Å²) in [6, 6.07) is 8.71. The molecule has 2 nitrogen and oxygen atoms in total. The average molecular weight is 278 g/mol. The molecule has 0 fully saturated rings. The molecule has 0 aliphatic rings.